The summed E-state index contributed by atoms with van der Waals surface area (Å²) in [6, 6.07) is 7.82. The van der Waals surface area contributed by atoms with Crippen LogP contribution < -0.4 is 10.2 Å². The molecule has 8 aliphatic carbocycles. The minimum Gasteiger partial charge on any atom is -0.367 e. The molecule has 0 spiro atoms. The van der Waals surface area contributed by atoms with Crippen LogP contribution in [-0.2, 0) is 6.42 Å². The number of nitrogens with one attached hydrogen (secondary N) is 1. The summed E-state index contributed by atoms with van der Waals surface area (Å²) < 4.78 is 1.47. The van der Waals surface area contributed by atoms with Gasteiger partial charge < -0.3 is 10.2 Å². The normalized spacial score (nSPS) is 29.1. The molecule has 2 aromatic carbocycles. The molecule has 0 fully saturated rings. The molecule has 2 nitrogen and oxygen atoms in total. The van der Waals surface area contributed by atoms with Gasteiger partial charge in [-0.2, -0.15) is 0 Å². The number of thiophene rings is 1. The summed E-state index contributed by atoms with van der Waals surface area (Å²) in [6.07, 6.45) is 51.4. The Labute approximate surface area is 336 Å². The molecule has 0 bridgehead atoms. The van der Waals surface area contributed by atoms with Crippen molar-refractivity contribution >= 4 is 44.3 Å². The first-order valence-electron chi connectivity index (χ1n) is 22.0. The molecule has 0 amide bonds. The van der Waals surface area contributed by atoms with E-state index in [2.05, 4.69) is 138 Å². The zero-order chi connectivity index (χ0) is 36.9. The Kier molecular flexibility index (Phi) is 7.92. The fourth-order valence-electron chi connectivity index (χ4n) is 12.3. The van der Waals surface area contributed by atoms with Crippen LogP contribution in [0.3, 0.4) is 0 Å². The number of fused-ring (bicyclic) bond motifs is 7. The highest BCUT2D eigenvalue weighted by molar-refractivity contribution is 7.20. The maximum Gasteiger partial charge on any atom is 0.103 e. The van der Waals surface area contributed by atoms with Crippen molar-refractivity contribution in [3.63, 3.8) is 0 Å². The van der Waals surface area contributed by atoms with Gasteiger partial charge >= 0.3 is 0 Å². The highest BCUT2D eigenvalue weighted by Crippen LogP contribution is 2.60. The summed E-state index contributed by atoms with van der Waals surface area (Å²) in [4.78, 5) is 4.22. The van der Waals surface area contributed by atoms with Crippen LogP contribution in [0.5, 0.6) is 0 Å². The van der Waals surface area contributed by atoms with Crippen LogP contribution in [0.4, 0.5) is 5.69 Å². The van der Waals surface area contributed by atoms with E-state index in [1.54, 1.807) is 32.7 Å². The lowest BCUT2D eigenvalue weighted by Gasteiger charge is -2.38. The first-order chi connectivity index (χ1) is 27.8. The lowest BCUT2D eigenvalue weighted by Crippen LogP contribution is -2.36. The van der Waals surface area contributed by atoms with E-state index < -0.39 is 0 Å². The Morgan fingerprint density at radius 1 is 0.804 bits per heavy atom. The standard InChI is InChI=1S/C53H52N2S/c1-2-47-54-43-26-9-10-27-44(43)55(47)45-30-29-37(51-38-22-8-11-28-46(38)56-53(45)51)42-31-41(33-15-4-3-5-16-33)50-39-24-13-19-34-20-14-25-40(48(34)39)52(50)49(42)36-23-12-18-32-17-6-7-21-35(32)36/h3-5,7-8,10,12-13,15,21-25,27,29-36,47,54H,2,6,9,11,14,16-20,26,28H2,1H3. The Morgan fingerprint density at radius 3 is 2.68 bits per heavy atom. The van der Waals surface area contributed by atoms with Crippen molar-refractivity contribution < 1.29 is 0 Å². The molecule has 1 N–H and O–H groups in total. The summed E-state index contributed by atoms with van der Waals surface area (Å²) in [7, 11) is 0. The fourth-order valence-corrected chi connectivity index (χ4v) is 13.6. The third-order valence-electron chi connectivity index (χ3n) is 14.8. The molecule has 0 saturated carbocycles. The summed E-state index contributed by atoms with van der Waals surface area (Å²) in [5.74, 6) is 2.59. The van der Waals surface area contributed by atoms with Crippen LogP contribution in [0.25, 0.3) is 38.4 Å². The molecule has 280 valence electrons. The smallest absolute Gasteiger partial charge is 0.103 e. The maximum atomic E-state index is 3.96. The average Bonchev–Trinajstić information content (AvgIpc) is 3.94. The molecule has 2 heterocycles. The number of aryl methyl sites for hydroxylation is 1. The molecular weight excluding hydrogens is 697 g/mol. The molecular formula is C53H52N2S. The molecule has 3 aromatic rings. The summed E-state index contributed by atoms with van der Waals surface area (Å²) >= 11 is 2.08. The minimum atomic E-state index is 0.277. The first-order valence-corrected chi connectivity index (χ1v) is 22.8. The van der Waals surface area contributed by atoms with Crippen LogP contribution in [0, 0.1) is 17.8 Å². The second-order valence-electron chi connectivity index (χ2n) is 17.7. The van der Waals surface area contributed by atoms with Crippen LogP contribution in [-0.4, -0.2) is 6.17 Å². The second kappa shape index (κ2) is 13.2. The van der Waals surface area contributed by atoms with E-state index in [0.29, 0.717) is 29.6 Å². The molecule has 6 atom stereocenters. The molecule has 1 aromatic heterocycles. The number of anilines is 1. The van der Waals surface area contributed by atoms with Crippen LogP contribution in [0.1, 0.15) is 122 Å². The molecule has 9 aliphatic rings. The predicted molar refractivity (Wildman–Crippen MR) is 239 cm³/mol. The van der Waals surface area contributed by atoms with Crippen molar-refractivity contribution in [3.05, 3.63) is 153 Å². The number of rotatable bonds is 5. The summed E-state index contributed by atoms with van der Waals surface area (Å²) in [6.45, 7) is 2.34. The Bertz CT molecular complexity index is 2520. The predicted octanol–water partition coefficient (Wildman–Crippen LogP) is 14.0. The van der Waals surface area contributed by atoms with E-state index in [0.717, 1.165) is 38.5 Å². The van der Waals surface area contributed by atoms with Crippen molar-refractivity contribution in [2.45, 2.75) is 102 Å². The van der Waals surface area contributed by atoms with Gasteiger partial charge in [0.25, 0.3) is 0 Å². The van der Waals surface area contributed by atoms with Crippen molar-refractivity contribution in [2.24, 2.45) is 17.8 Å². The Morgan fingerprint density at radius 2 is 1.75 bits per heavy atom. The number of benzene rings is 2. The van der Waals surface area contributed by atoms with E-state index in [9.17, 15) is 0 Å². The molecule has 56 heavy (non-hydrogen) atoms. The molecule has 1 aliphatic heterocycles. The molecule has 0 saturated heterocycles. The second-order valence-corrected chi connectivity index (χ2v) is 18.8. The van der Waals surface area contributed by atoms with Crippen molar-refractivity contribution in [3.8, 4) is 11.1 Å². The third-order valence-corrected chi connectivity index (χ3v) is 16.0. The van der Waals surface area contributed by atoms with Gasteiger partial charge in [0.15, 0.2) is 0 Å². The fraction of sp³-hybridized carbons (Fsp3) is 0.358. The van der Waals surface area contributed by atoms with Crippen LogP contribution in [0.2, 0.25) is 0 Å². The van der Waals surface area contributed by atoms with Gasteiger partial charge in [-0.15, -0.1) is 11.3 Å². The Hall–Kier alpha value is -4.60. The quantitative estimate of drug-likeness (QED) is 0.261. The Balaban J connectivity index is 1.18. The lowest BCUT2D eigenvalue weighted by atomic mass is 9.65. The SMILES string of the molecule is CCC1NC2=C(C=CCC2)N1c1ccc(-c2cc(C3C=CC=CC3)c3c(c2C2C=CCC4CCC=CC42)C2=CCCC4CC=CC3=C24)c2c3c(sc12)CCC=C3. The van der Waals surface area contributed by atoms with E-state index in [1.165, 1.54) is 93.5 Å². The van der Waals surface area contributed by atoms with Gasteiger partial charge in [-0.3, -0.25) is 0 Å². The highest BCUT2D eigenvalue weighted by Gasteiger charge is 2.43. The molecule has 0 radical (unpaired) electrons. The number of hydrogen-bond donors (Lipinski definition) is 1. The number of nitrogens with zero attached hydrogens (tertiary/aromatic N) is 1. The number of allylic oxidation sites excluding steroid dienone is 18. The monoisotopic (exact) mass is 748 g/mol. The van der Waals surface area contributed by atoms with Crippen molar-refractivity contribution in [1.29, 1.82) is 0 Å². The average molecular weight is 749 g/mol. The van der Waals surface area contributed by atoms with Gasteiger partial charge in [0.05, 0.1) is 16.1 Å². The maximum absolute atomic E-state index is 3.96. The molecule has 3 heteroatoms. The lowest BCUT2D eigenvalue weighted by molar-refractivity contribution is 0.321. The minimum absolute atomic E-state index is 0.277. The molecule has 6 unspecified atom stereocenters. The van der Waals surface area contributed by atoms with Gasteiger partial charge in [-0.25, -0.2) is 0 Å². The highest BCUT2D eigenvalue weighted by atomic mass is 32.1. The van der Waals surface area contributed by atoms with E-state index in [-0.39, 0.29) is 6.17 Å². The zero-order valence-electron chi connectivity index (χ0n) is 32.7. The van der Waals surface area contributed by atoms with Gasteiger partial charge in [-0.1, -0.05) is 98.1 Å². The number of hydrogen-bond acceptors (Lipinski definition) is 3. The van der Waals surface area contributed by atoms with Crippen molar-refractivity contribution in [1.82, 2.24) is 5.32 Å². The van der Waals surface area contributed by atoms with Crippen molar-refractivity contribution in [2.75, 3.05) is 4.90 Å². The van der Waals surface area contributed by atoms with Gasteiger partial charge in [0.1, 0.15) is 6.17 Å². The van der Waals surface area contributed by atoms with E-state index in [1.807, 2.05) is 0 Å². The summed E-state index contributed by atoms with van der Waals surface area (Å²) in [5, 5.41) is 5.44. The topological polar surface area (TPSA) is 15.3 Å². The van der Waals surface area contributed by atoms with E-state index in [4.69, 9.17) is 0 Å². The summed E-state index contributed by atoms with van der Waals surface area (Å²) in [5.41, 5.74) is 19.6. The van der Waals surface area contributed by atoms with Crippen LogP contribution in [0.15, 0.2) is 120 Å². The van der Waals surface area contributed by atoms with Gasteiger partial charge in [0.2, 0.25) is 0 Å². The van der Waals surface area contributed by atoms with Gasteiger partial charge in [-0.05, 0) is 169 Å². The van der Waals surface area contributed by atoms with E-state index >= 15 is 0 Å². The van der Waals surface area contributed by atoms with Gasteiger partial charge in [0, 0.05) is 27.8 Å². The largest absolute Gasteiger partial charge is 0.367 e. The third kappa shape index (κ3) is 4.92. The first kappa shape index (κ1) is 33.5. The van der Waals surface area contributed by atoms with Crippen LogP contribution >= 0.6 is 11.3 Å². The zero-order valence-corrected chi connectivity index (χ0v) is 33.5. The molecule has 12 rings (SSSR count).